The minimum absolute atomic E-state index is 0.0175. The normalized spacial score (nSPS) is 12.2. The van der Waals surface area contributed by atoms with E-state index in [2.05, 4.69) is 26.0 Å². The molecule has 1 rings (SSSR count). The van der Waals surface area contributed by atoms with E-state index in [1.54, 1.807) is 11.9 Å². The zero-order valence-electron chi connectivity index (χ0n) is 10.0. The molecule has 3 heteroatoms. The van der Waals surface area contributed by atoms with Crippen LogP contribution in [0, 0.1) is 0 Å². The van der Waals surface area contributed by atoms with Gasteiger partial charge in [-0.3, -0.25) is 4.79 Å². The fourth-order valence-electron chi connectivity index (χ4n) is 1.50. The van der Waals surface area contributed by atoms with Gasteiger partial charge in [0, 0.05) is 12.7 Å². The van der Waals surface area contributed by atoms with E-state index in [1.807, 2.05) is 12.1 Å². The van der Waals surface area contributed by atoms with E-state index in [4.69, 9.17) is 11.6 Å². The van der Waals surface area contributed by atoms with Gasteiger partial charge in [-0.05, 0) is 30.0 Å². The largest absolute Gasteiger partial charge is 0.314 e. The topological polar surface area (TPSA) is 20.3 Å². The number of alkyl halides is 1. The fourth-order valence-corrected chi connectivity index (χ4v) is 1.68. The van der Waals surface area contributed by atoms with Crippen molar-refractivity contribution in [2.24, 2.45) is 0 Å². The summed E-state index contributed by atoms with van der Waals surface area (Å²) in [7, 11) is 1.74. The van der Waals surface area contributed by atoms with Gasteiger partial charge in [0.1, 0.15) is 5.88 Å². The van der Waals surface area contributed by atoms with Crippen LogP contribution in [0.15, 0.2) is 24.3 Å². The van der Waals surface area contributed by atoms with E-state index in [1.165, 1.54) is 5.56 Å². The summed E-state index contributed by atoms with van der Waals surface area (Å²) < 4.78 is 0. The van der Waals surface area contributed by atoms with Gasteiger partial charge in [-0.1, -0.05) is 26.0 Å². The highest BCUT2D eigenvalue weighted by Gasteiger charge is 2.09. The summed E-state index contributed by atoms with van der Waals surface area (Å²) in [6, 6.07) is 8.07. The summed E-state index contributed by atoms with van der Waals surface area (Å²) >= 11 is 5.51. The van der Waals surface area contributed by atoms with Crippen LogP contribution < -0.4 is 4.90 Å². The van der Waals surface area contributed by atoms with Crippen LogP contribution in [0.5, 0.6) is 0 Å². The van der Waals surface area contributed by atoms with Gasteiger partial charge >= 0.3 is 0 Å². The number of hydrogen-bond donors (Lipinski definition) is 0. The highest BCUT2D eigenvalue weighted by molar-refractivity contribution is 6.29. The van der Waals surface area contributed by atoms with Crippen molar-refractivity contribution in [1.82, 2.24) is 0 Å². The molecule has 1 unspecified atom stereocenters. The number of rotatable bonds is 4. The third-order valence-electron chi connectivity index (χ3n) is 2.95. The predicted molar refractivity (Wildman–Crippen MR) is 69.3 cm³/mol. The number of anilines is 1. The molecule has 0 bridgehead atoms. The third-order valence-corrected chi connectivity index (χ3v) is 3.18. The summed E-state index contributed by atoms with van der Waals surface area (Å²) in [4.78, 5) is 13.0. The van der Waals surface area contributed by atoms with E-state index in [9.17, 15) is 4.79 Å². The Labute approximate surface area is 102 Å². The fraction of sp³-hybridized carbons (Fsp3) is 0.462. The van der Waals surface area contributed by atoms with E-state index >= 15 is 0 Å². The van der Waals surface area contributed by atoms with Crippen molar-refractivity contribution in [3.05, 3.63) is 29.8 Å². The van der Waals surface area contributed by atoms with E-state index in [0.717, 1.165) is 12.1 Å². The molecule has 0 saturated heterocycles. The summed E-state index contributed by atoms with van der Waals surface area (Å²) in [5.74, 6) is 0.491. The van der Waals surface area contributed by atoms with Gasteiger partial charge in [-0.2, -0.15) is 0 Å². The Morgan fingerprint density at radius 2 is 1.94 bits per heavy atom. The molecule has 0 spiro atoms. The van der Waals surface area contributed by atoms with Crippen LogP contribution in [0.25, 0.3) is 0 Å². The first kappa shape index (κ1) is 13.0. The Kier molecular flexibility index (Phi) is 4.81. The average molecular weight is 240 g/mol. The zero-order chi connectivity index (χ0) is 12.1. The van der Waals surface area contributed by atoms with Crippen LogP contribution >= 0.6 is 11.6 Å². The monoisotopic (exact) mass is 239 g/mol. The molecule has 1 amide bonds. The molecule has 0 fully saturated rings. The maximum absolute atomic E-state index is 11.4. The van der Waals surface area contributed by atoms with E-state index in [0.29, 0.717) is 5.92 Å². The number of benzene rings is 1. The molecule has 2 nitrogen and oxygen atoms in total. The third kappa shape index (κ3) is 2.99. The maximum Gasteiger partial charge on any atom is 0.241 e. The van der Waals surface area contributed by atoms with E-state index in [-0.39, 0.29) is 11.8 Å². The lowest BCUT2D eigenvalue weighted by Gasteiger charge is -2.17. The van der Waals surface area contributed by atoms with Gasteiger partial charge in [0.25, 0.3) is 0 Å². The molecule has 1 aromatic rings. The molecule has 0 saturated carbocycles. The van der Waals surface area contributed by atoms with Crippen molar-refractivity contribution in [3.63, 3.8) is 0 Å². The zero-order valence-corrected chi connectivity index (χ0v) is 10.8. The molecule has 0 aliphatic rings. The van der Waals surface area contributed by atoms with Crippen LogP contribution in [0.4, 0.5) is 5.69 Å². The smallest absolute Gasteiger partial charge is 0.241 e. The summed E-state index contributed by atoms with van der Waals surface area (Å²) in [6.07, 6.45) is 1.12. The number of carbonyl (C=O) groups is 1. The molecule has 0 heterocycles. The van der Waals surface area contributed by atoms with Gasteiger partial charge in [0.05, 0.1) is 0 Å². The quantitative estimate of drug-likeness (QED) is 0.738. The lowest BCUT2D eigenvalue weighted by Crippen LogP contribution is -2.27. The van der Waals surface area contributed by atoms with Gasteiger partial charge < -0.3 is 4.90 Å². The Morgan fingerprint density at radius 1 is 1.38 bits per heavy atom. The molecule has 1 atom stereocenters. The number of hydrogen-bond acceptors (Lipinski definition) is 1. The lowest BCUT2D eigenvalue weighted by atomic mass is 9.98. The molecule has 0 radical (unpaired) electrons. The number of carbonyl (C=O) groups excluding carboxylic acids is 1. The van der Waals surface area contributed by atoms with Crippen LogP contribution in [-0.4, -0.2) is 18.8 Å². The van der Waals surface area contributed by atoms with Crippen molar-refractivity contribution in [2.45, 2.75) is 26.2 Å². The molecule has 16 heavy (non-hydrogen) atoms. The first-order valence-corrected chi connectivity index (χ1v) is 6.06. The lowest BCUT2D eigenvalue weighted by molar-refractivity contribution is -0.116. The summed E-state index contributed by atoms with van der Waals surface area (Å²) in [5, 5.41) is 0. The van der Waals surface area contributed by atoms with Crippen LogP contribution in [0.1, 0.15) is 31.7 Å². The highest BCUT2D eigenvalue weighted by Crippen LogP contribution is 2.21. The van der Waals surface area contributed by atoms with Gasteiger partial charge in [0.2, 0.25) is 5.91 Å². The molecule has 88 valence electrons. The Balaban J connectivity index is 2.82. The minimum Gasteiger partial charge on any atom is -0.314 e. The molecular weight excluding hydrogens is 222 g/mol. The molecule has 1 aromatic carbocycles. The summed E-state index contributed by atoms with van der Waals surface area (Å²) in [5.41, 5.74) is 2.19. The Bertz CT molecular complexity index is 347. The molecule has 0 aliphatic heterocycles. The maximum atomic E-state index is 11.4. The van der Waals surface area contributed by atoms with Crippen LogP contribution in [-0.2, 0) is 4.79 Å². The van der Waals surface area contributed by atoms with Crippen molar-refractivity contribution in [3.8, 4) is 0 Å². The van der Waals surface area contributed by atoms with Crippen LogP contribution in [0.3, 0.4) is 0 Å². The van der Waals surface area contributed by atoms with Gasteiger partial charge in [-0.15, -0.1) is 11.6 Å². The Hall–Kier alpha value is -1.02. The number of halogens is 1. The second-order valence-electron chi connectivity index (χ2n) is 3.99. The highest BCUT2D eigenvalue weighted by atomic mass is 35.5. The SMILES string of the molecule is CCC(C)c1ccc(N(C)C(=O)CCl)cc1. The van der Waals surface area contributed by atoms with Crippen molar-refractivity contribution in [2.75, 3.05) is 17.8 Å². The first-order chi connectivity index (χ1) is 7.60. The number of amides is 1. The van der Waals surface area contributed by atoms with Crippen molar-refractivity contribution in [1.29, 1.82) is 0 Å². The van der Waals surface area contributed by atoms with Gasteiger partial charge in [-0.25, -0.2) is 0 Å². The molecular formula is C13H18ClNO. The molecule has 0 aromatic heterocycles. The van der Waals surface area contributed by atoms with Gasteiger partial charge in [0.15, 0.2) is 0 Å². The molecule has 0 N–H and O–H groups in total. The second kappa shape index (κ2) is 5.90. The average Bonchev–Trinajstić information content (AvgIpc) is 2.36. The van der Waals surface area contributed by atoms with Crippen molar-refractivity contribution < 1.29 is 4.79 Å². The first-order valence-electron chi connectivity index (χ1n) is 5.52. The van der Waals surface area contributed by atoms with E-state index < -0.39 is 0 Å². The predicted octanol–water partition coefficient (Wildman–Crippen LogP) is 3.40. The minimum atomic E-state index is -0.0852. The van der Waals surface area contributed by atoms with Crippen molar-refractivity contribution >= 4 is 23.2 Å². The number of nitrogens with zero attached hydrogens (tertiary/aromatic N) is 1. The van der Waals surface area contributed by atoms with Crippen LogP contribution in [0.2, 0.25) is 0 Å². The second-order valence-corrected chi connectivity index (χ2v) is 4.25. The molecule has 0 aliphatic carbocycles. The Morgan fingerprint density at radius 3 is 2.38 bits per heavy atom. The summed E-state index contributed by atoms with van der Waals surface area (Å²) in [6.45, 7) is 4.37. The standard InChI is InChI=1S/C13H18ClNO/c1-4-10(2)11-5-7-12(8-6-11)15(3)13(16)9-14/h5-8,10H,4,9H2,1-3H3.